The van der Waals surface area contributed by atoms with Crippen LogP contribution in [0.4, 0.5) is 22.1 Å². The van der Waals surface area contributed by atoms with Gasteiger partial charge >= 0.3 is 6.03 Å². The molecule has 3 aromatic rings. The van der Waals surface area contributed by atoms with Crippen molar-refractivity contribution in [1.29, 1.82) is 0 Å². The molecule has 0 unspecified atom stereocenters. The minimum absolute atomic E-state index is 0.121. The molecule has 0 atom stereocenters. The first-order valence-electron chi connectivity index (χ1n) is 14.5. The molecule has 12 nitrogen and oxygen atoms in total. The molecule has 5 rings (SSSR count). The molecule has 2 aliphatic rings. The number of piperazine rings is 1. The van der Waals surface area contributed by atoms with E-state index in [9.17, 15) is 18.0 Å². The van der Waals surface area contributed by atoms with Crippen molar-refractivity contribution in [2.75, 3.05) is 47.7 Å². The molecular formula is C30H39N7O5S. The molecule has 1 saturated carbocycles. The summed E-state index contributed by atoms with van der Waals surface area (Å²) in [5, 5.41) is 8.09. The lowest BCUT2D eigenvalue weighted by Gasteiger charge is -2.38. The minimum atomic E-state index is -4.10. The summed E-state index contributed by atoms with van der Waals surface area (Å²) in [6.45, 7) is 10.5. The average molecular weight is 610 g/mol. The molecular weight excluding hydrogens is 570 g/mol. The van der Waals surface area contributed by atoms with Gasteiger partial charge in [0.1, 0.15) is 5.82 Å². The Morgan fingerprint density at radius 2 is 1.70 bits per heavy atom. The summed E-state index contributed by atoms with van der Waals surface area (Å²) >= 11 is 0. The Balaban J connectivity index is 1.34. The van der Waals surface area contributed by atoms with Crippen molar-refractivity contribution in [1.82, 2.24) is 19.7 Å². The van der Waals surface area contributed by atoms with Crippen molar-refractivity contribution >= 4 is 39.4 Å². The number of rotatable bonds is 7. The van der Waals surface area contributed by atoms with Crippen LogP contribution in [0.25, 0.3) is 5.69 Å². The first-order valence-corrected chi connectivity index (χ1v) is 16.3. The van der Waals surface area contributed by atoms with E-state index < -0.39 is 21.6 Å². The van der Waals surface area contributed by atoms with Crippen molar-refractivity contribution in [2.24, 2.45) is 5.92 Å². The fourth-order valence-corrected chi connectivity index (χ4v) is 5.38. The molecule has 1 aliphatic carbocycles. The van der Waals surface area contributed by atoms with E-state index in [0.717, 1.165) is 36.9 Å². The average Bonchev–Trinajstić information content (AvgIpc) is 3.37. The zero-order chi connectivity index (χ0) is 30.9. The van der Waals surface area contributed by atoms with Crippen LogP contribution < -0.4 is 15.3 Å². The summed E-state index contributed by atoms with van der Waals surface area (Å²) in [5.41, 5.74) is 2.26. The highest BCUT2D eigenvalue weighted by atomic mass is 32.2. The fourth-order valence-electron chi connectivity index (χ4n) is 4.96. The summed E-state index contributed by atoms with van der Waals surface area (Å²) in [6, 6.07) is 11.8. The Labute approximate surface area is 252 Å². The third-order valence-electron chi connectivity index (χ3n) is 7.71. The van der Waals surface area contributed by atoms with E-state index in [1.165, 1.54) is 10.9 Å². The van der Waals surface area contributed by atoms with Gasteiger partial charge in [-0.1, -0.05) is 44.9 Å². The quantitative estimate of drug-likeness (QED) is 0.394. The van der Waals surface area contributed by atoms with Crippen molar-refractivity contribution in [2.45, 2.75) is 52.4 Å². The number of pyridine rings is 1. The lowest BCUT2D eigenvalue weighted by molar-refractivity contribution is -0.138. The van der Waals surface area contributed by atoms with Gasteiger partial charge in [-0.15, -0.1) is 9.35 Å². The van der Waals surface area contributed by atoms with E-state index in [0.29, 0.717) is 48.3 Å². The van der Waals surface area contributed by atoms with Gasteiger partial charge in [0.25, 0.3) is 10.1 Å². The van der Waals surface area contributed by atoms with Gasteiger partial charge in [-0.25, -0.2) is 14.5 Å². The molecule has 1 aliphatic heterocycles. The van der Waals surface area contributed by atoms with Crippen LogP contribution in [0, 0.1) is 12.8 Å². The number of hydrogen-bond acceptors (Lipinski definition) is 8. The topological polar surface area (TPSA) is 130 Å². The lowest BCUT2D eigenvalue weighted by atomic mass is 9.84. The largest absolute Gasteiger partial charge is 0.353 e. The van der Waals surface area contributed by atoms with Gasteiger partial charge in [-0.3, -0.25) is 4.79 Å². The first kappa shape index (κ1) is 30.5. The molecule has 1 N–H and O–H groups in total. The van der Waals surface area contributed by atoms with Crippen molar-refractivity contribution in [3.63, 3.8) is 0 Å². The van der Waals surface area contributed by atoms with Crippen LogP contribution in [-0.2, 0) is 24.6 Å². The second-order valence-corrected chi connectivity index (χ2v) is 13.8. The maximum Gasteiger partial charge on any atom is 0.353 e. The fraction of sp³-hybridized carbons (Fsp3) is 0.467. The number of hydroxylamine groups is 1. The van der Waals surface area contributed by atoms with Gasteiger partial charge < -0.3 is 15.1 Å². The van der Waals surface area contributed by atoms with Gasteiger partial charge in [-0.2, -0.15) is 13.5 Å². The predicted molar refractivity (Wildman–Crippen MR) is 165 cm³/mol. The Morgan fingerprint density at radius 1 is 1.02 bits per heavy atom. The highest BCUT2D eigenvalue weighted by molar-refractivity contribution is 7.86. The molecule has 1 saturated heterocycles. The third kappa shape index (κ3) is 7.16. The van der Waals surface area contributed by atoms with Crippen LogP contribution in [0.3, 0.4) is 0 Å². The Bertz CT molecular complexity index is 1570. The summed E-state index contributed by atoms with van der Waals surface area (Å²) in [4.78, 5) is 34.7. The Kier molecular flexibility index (Phi) is 8.48. The van der Waals surface area contributed by atoms with E-state index in [1.807, 2.05) is 56.9 Å². The third-order valence-corrected chi connectivity index (χ3v) is 8.13. The smallest absolute Gasteiger partial charge is 0.353 e. The van der Waals surface area contributed by atoms with Gasteiger partial charge in [0, 0.05) is 43.6 Å². The van der Waals surface area contributed by atoms with E-state index >= 15 is 0 Å². The van der Waals surface area contributed by atoms with Crippen LogP contribution in [0.1, 0.15) is 51.3 Å². The zero-order valence-corrected chi connectivity index (χ0v) is 26.1. The molecule has 13 heteroatoms. The zero-order valence-electron chi connectivity index (χ0n) is 25.3. The molecule has 0 radical (unpaired) electrons. The van der Waals surface area contributed by atoms with E-state index in [2.05, 4.69) is 15.2 Å². The second kappa shape index (κ2) is 12.0. The summed E-state index contributed by atoms with van der Waals surface area (Å²) in [6.07, 6.45) is 5.50. The number of hydrogen-bond donors (Lipinski definition) is 1. The number of amides is 3. The van der Waals surface area contributed by atoms with Gasteiger partial charge in [-0.05, 0) is 44.0 Å². The highest BCUT2D eigenvalue weighted by Crippen LogP contribution is 2.31. The first-order chi connectivity index (χ1) is 20.3. The number of aryl methyl sites for hydroxylation is 1. The summed E-state index contributed by atoms with van der Waals surface area (Å²) in [5.74, 6) is 1.30. The Morgan fingerprint density at radius 3 is 2.23 bits per heavy atom. The Hall–Kier alpha value is -3.97. The SMILES string of the molecule is Cc1ccc(-n2nc(C(C)(C)C)cc2N(OS(C)(=O)=O)C(=O)Nc2ccc(N3CCN(C(=O)C4CCC4)CC3)nc2)cc1. The highest BCUT2D eigenvalue weighted by Gasteiger charge is 2.32. The van der Waals surface area contributed by atoms with Gasteiger partial charge in [0.05, 0.1) is 29.5 Å². The number of anilines is 3. The molecule has 3 amide bonds. The van der Waals surface area contributed by atoms with Crippen LogP contribution >= 0.6 is 0 Å². The molecule has 0 bridgehead atoms. The van der Waals surface area contributed by atoms with Crippen LogP contribution in [0.5, 0.6) is 0 Å². The van der Waals surface area contributed by atoms with Gasteiger partial charge in [0.2, 0.25) is 5.91 Å². The van der Waals surface area contributed by atoms with Crippen molar-refractivity contribution in [3.8, 4) is 5.69 Å². The molecule has 2 fully saturated rings. The number of benzene rings is 1. The van der Waals surface area contributed by atoms with E-state index in [1.54, 1.807) is 18.2 Å². The standard InChI is InChI=1S/C30H39N7O5S/c1-21-9-12-24(13-10-21)36-27(19-25(33-36)30(2,3)4)37(42-43(5,40)41)29(39)32-23-11-14-26(31-20-23)34-15-17-35(18-16-34)28(38)22-7-6-8-22/h9-14,19-20,22H,6-8,15-18H2,1-5H3,(H,32,39). The number of urea groups is 1. The van der Waals surface area contributed by atoms with Gasteiger partial charge in [0.15, 0.2) is 5.82 Å². The van der Waals surface area contributed by atoms with E-state index in [-0.39, 0.29) is 17.6 Å². The molecule has 1 aromatic carbocycles. The molecule has 0 spiro atoms. The predicted octanol–water partition coefficient (Wildman–Crippen LogP) is 4.25. The number of carbonyl (C=O) groups excluding carboxylic acids is 2. The number of nitrogens with zero attached hydrogens (tertiary/aromatic N) is 6. The van der Waals surface area contributed by atoms with E-state index in [4.69, 9.17) is 9.38 Å². The van der Waals surface area contributed by atoms with Crippen LogP contribution in [0.2, 0.25) is 0 Å². The minimum Gasteiger partial charge on any atom is -0.353 e. The molecule has 3 heterocycles. The van der Waals surface area contributed by atoms with Crippen LogP contribution in [-0.4, -0.2) is 72.5 Å². The summed E-state index contributed by atoms with van der Waals surface area (Å²) in [7, 11) is -4.10. The number of aromatic nitrogens is 3. The molecule has 2 aromatic heterocycles. The van der Waals surface area contributed by atoms with Crippen molar-refractivity contribution < 1.29 is 22.3 Å². The number of carbonyl (C=O) groups is 2. The van der Waals surface area contributed by atoms with Crippen molar-refractivity contribution in [3.05, 3.63) is 59.9 Å². The van der Waals surface area contributed by atoms with Crippen LogP contribution in [0.15, 0.2) is 48.7 Å². The molecule has 230 valence electrons. The monoisotopic (exact) mass is 609 g/mol. The maximum absolute atomic E-state index is 13.6. The lowest BCUT2D eigenvalue weighted by Crippen LogP contribution is -2.51. The normalized spacial score (nSPS) is 16.1. The maximum atomic E-state index is 13.6. The summed E-state index contributed by atoms with van der Waals surface area (Å²) < 4.78 is 31.3. The number of nitrogens with one attached hydrogen (secondary N) is 1. The molecule has 43 heavy (non-hydrogen) atoms. The second-order valence-electron chi connectivity index (χ2n) is 12.2.